The standard InChI is InChI=1S/C22H21BrF3N5O/c1-30-20(19(23)13-27-30)14-10-17(12-18(11-14)31-8-2-3-9-31)29-21(32)28-16-6-4-15(5-7-16)22(24,25)26/h4-7,10-13H,2-3,8-9H2,1H3,(H2,28,29,32). The Balaban J connectivity index is 1.57. The van der Waals surface area contributed by atoms with E-state index in [0.29, 0.717) is 5.69 Å². The van der Waals surface area contributed by atoms with Gasteiger partial charge in [0.25, 0.3) is 0 Å². The molecule has 2 N–H and O–H groups in total. The average Bonchev–Trinajstić information content (AvgIpc) is 3.37. The van der Waals surface area contributed by atoms with Crippen molar-refractivity contribution in [2.24, 2.45) is 7.05 Å². The van der Waals surface area contributed by atoms with Crippen LogP contribution in [0.2, 0.25) is 0 Å². The van der Waals surface area contributed by atoms with Gasteiger partial charge in [0.15, 0.2) is 0 Å². The number of benzene rings is 2. The zero-order valence-electron chi connectivity index (χ0n) is 17.2. The molecule has 3 aromatic rings. The Kier molecular flexibility index (Phi) is 6.14. The lowest BCUT2D eigenvalue weighted by molar-refractivity contribution is -0.137. The first-order chi connectivity index (χ1) is 15.2. The number of halogens is 4. The second-order valence-electron chi connectivity index (χ2n) is 7.58. The van der Waals surface area contributed by atoms with E-state index in [9.17, 15) is 18.0 Å². The van der Waals surface area contributed by atoms with Crippen molar-refractivity contribution in [1.82, 2.24) is 9.78 Å². The molecule has 0 radical (unpaired) electrons. The quantitative estimate of drug-likeness (QED) is 0.447. The Morgan fingerprint density at radius 3 is 2.28 bits per heavy atom. The molecule has 0 unspecified atom stereocenters. The molecule has 1 saturated heterocycles. The molecule has 1 aliphatic rings. The van der Waals surface area contributed by atoms with Crippen LogP contribution >= 0.6 is 15.9 Å². The fourth-order valence-corrected chi connectivity index (χ4v) is 4.33. The predicted octanol–water partition coefficient (Wildman–Crippen LogP) is 6.11. The van der Waals surface area contributed by atoms with Crippen molar-refractivity contribution in [3.05, 3.63) is 58.7 Å². The highest BCUT2D eigenvalue weighted by molar-refractivity contribution is 9.10. The van der Waals surface area contributed by atoms with E-state index in [1.54, 1.807) is 10.9 Å². The van der Waals surface area contributed by atoms with Gasteiger partial charge >= 0.3 is 12.2 Å². The predicted molar refractivity (Wildman–Crippen MR) is 122 cm³/mol. The first-order valence-corrected chi connectivity index (χ1v) is 10.8. The van der Waals surface area contributed by atoms with E-state index >= 15 is 0 Å². The highest BCUT2D eigenvalue weighted by Crippen LogP contribution is 2.34. The number of hydrogen-bond donors (Lipinski definition) is 2. The third kappa shape index (κ3) is 4.90. The molecule has 2 heterocycles. The number of amides is 2. The van der Waals surface area contributed by atoms with Crippen molar-refractivity contribution >= 4 is 39.0 Å². The summed E-state index contributed by atoms with van der Waals surface area (Å²) in [6.07, 6.45) is -0.497. The maximum absolute atomic E-state index is 12.7. The molecule has 0 spiro atoms. The number of alkyl halides is 3. The second-order valence-corrected chi connectivity index (χ2v) is 8.44. The van der Waals surface area contributed by atoms with Gasteiger partial charge in [0.1, 0.15) is 0 Å². The number of nitrogens with zero attached hydrogens (tertiary/aromatic N) is 3. The summed E-state index contributed by atoms with van der Waals surface area (Å²) in [5.41, 5.74) is 2.80. The molecule has 0 atom stereocenters. The minimum atomic E-state index is -4.42. The number of urea groups is 1. The Bertz CT molecular complexity index is 1100. The van der Waals surface area contributed by atoms with Crippen molar-refractivity contribution in [3.8, 4) is 11.3 Å². The smallest absolute Gasteiger partial charge is 0.371 e. The first kappa shape index (κ1) is 22.2. The van der Waals surface area contributed by atoms with Crippen LogP contribution in [0.4, 0.5) is 35.0 Å². The fourth-order valence-electron chi connectivity index (χ4n) is 3.75. The minimum Gasteiger partial charge on any atom is -0.371 e. The van der Waals surface area contributed by atoms with Crippen LogP contribution < -0.4 is 15.5 Å². The summed E-state index contributed by atoms with van der Waals surface area (Å²) in [5.74, 6) is 0. The molecule has 0 bridgehead atoms. The summed E-state index contributed by atoms with van der Waals surface area (Å²) in [6.45, 7) is 1.88. The normalized spacial score (nSPS) is 14.0. The van der Waals surface area contributed by atoms with E-state index in [2.05, 4.69) is 42.6 Å². The number of carbonyl (C=O) groups excluding carboxylic acids is 1. The Hall–Kier alpha value is -3.01. The summed E-state index contributed by atoms with van der Waals surface area (Å²) in [5, 5.41) is 9.64. The molecule has 10 heteroatoms. The van der Waals surface area contributed by atoms with Gasteiger partial charge in [-0.15, -0.1) is 0 Å². The van der Waals surface area contributed by atoms with Crippen LogP contribution in [-0.4, -0.2) is 28.9 Å². The van der Waals surface area contributed by atoms with E-state index < -0.39 is 17.8 Å². The molecule has 1 aromatic heterocycles. The average molecular weight is 508 g/mol. The van der Waals surface area contributed by atoms with Crippen molar-refractivity contribution in [3.63, 3.8) is 0 Å². The van der Waals surface area contributed by atoms with Crippen LogP contribution in [0.25, 0.3) is 11.3 Å². The number of aryl methyl sites for hydroxylation is 1. The third-order valence-electron chi connectivity index (χ3n) is 5.28. The maximum atomic E-state index is 12.7. The molecule has 1 fully saturated rings. The molecular formula is C22H21BrF3N5O. The van der Waals surface area contributed by atoms with Gasteiger partial charge in [-0.05, 0) is 71.2 Å². The van der Waals surface area contributed by atoms with Crippen LogP contribution in [0.1, 0.15) is 18.4 Å². The number of anilines is 3. The maximum Gasteiger partial charge on any atom is 0.416 e. The van der Waals surface area contributed by atoms with Gasteiger partial charge in [-0.2, -0.15) is 18.3 Å². The van der Waals surface area contributed by atoms with E-state index in [-0.39, 0.29) is 5.69 Å². The molecule has 4 rings (SSSR count). The topological polar surface area (TPSA) is 62.2 Å². The Morgan fingerprint density at radius 2 is 1.69 bits per heavy atom. The van der Waals surface area contributed by atoms with E-state index in [1.807, 2.05) is 19.2 Å². The summed E-state index contributed by atoms with van der Waals surface area (Å²) >= 11 is 3.52. The van der Waals surface area contributed by atoms with Crippen LogP contribution in [0.15, 0.2) is 53.1 Å². The summed E-state index contributed by atoms with van der Waals surface area (Å²) in [6, 6.07) is 9.56. The molecule has 32 heavy (non-hydrogen) atoms. The number of carbonyl (C=O) groups is 1. The lowest BCUT2D eigenvalue weighted by atomic mass is 10.1. The van der Waals surface area contributed by atoms with Gasteiger partial charge in [0.2, 0.25) is 0 Å². The molecule has 6 nitrogen and oxygen atoms in total. The largest absolute Gasteiger partial charge is 0.416 e. The molecule has 168 valence electrons. The number of hydrogen-bond acceptors (Lipinski definition) is 3. The number of aromatic nitrogens is 2. The number of rotatable bonds is 4. The Morgan fingerprint density at radius 1 is 1.03 bits per heavy atom. The molecule has 2 aromatic carbocycles. The van der Waals surface area contributed by atoms with Gasteiger partial charge in [0.05, 0.1) is 21.9 Å². The lowest BCUT2D eigenvalue weighted by Crippen LogP contribution is -2.21. The highest BCUT2D eigenvalue weighted by atomic mass is 79.9. The van der Waals surface area contributed by atoms with Gasteiger partial charge in [-0.25, -0.2) is 4.79 Å². The second kappa shape index (κ2) is 8.85. The van der Waals surface area contributed by atoms with E-state index in [0.717, 1.165) is 59.5 Å². The van der Waals surface area contributed by atoms with E-state index in [1.165, 1.54) is 12.1 Å². The summed E-state index contributed by atoms with van der Waals surface area (Å²) in [7, 11) is 1.84. The summed E-state index contributed by atoms with van der Waals surface area (Å²) < 4.78 is 40.8. The monoisotopic (exact) mass is 507 g/mol. The molecule has 0 aliphatic carbocycles. The van der Waals surface area contributed by atoms with Crippen LogP contribution in [0, 0.1) is 0 Å². The lowest BCUT2D eigenvalue weighted by Gasteiger charge is -2.20. The molecule has 1 aliphatic heterocycles. The van der Waals surface area contributed by atoms with Crippen LogP contribution in [0.5, 0.6) is 0 Å². The first-order valence-electron chi connectivity index (χ1n) is 10.0. The van der Waals surface area contributed by atoms with E-state index in [4.69, 9.17) is 0 Å². The van der Waals surface area contributed by atoms with Crippen LogP contribution in [0.3, 0.4) is 0 Å². The Labute approximate surface area is 191 Å². The van der Waals surface area contributed by atoms with Crippen molar-refractivity contribution in [2.45, 2.75) is 19.0 Å². The van der Waals surface area contributed by atoms with Crippen molar-refractivity contribution in [1.29, 1.82) is 0 Å². The van der Waals surface area contributed by atoms with Crippen molar-refractivity contribution < 1.29 is 18.0 Å². The van der Waals surface area contributed by atoms with Crippen molar-refractivity contribution in [2.75, 3.05) is 28.6 Å². The zero-order valence-corrected chi connectivity index (χ0v) is 18.8. The van der Waals surface area contributed by atoms with Crippen LogP contribution in [-0.2, 0) is 13.2 Å². The third-order valence-corrected chi connectivity index (χ3v) is 5.86. The van der Waals surface area contributed by atoms with Gasteiger partial charge < -0.3 is 15.5 Å². The van der Waals surface area contributed by atoms with Gasteiger partial charge in [-0.3, -0.25) is 4.68 Å². The fraction of sp³-hybridized carbons (Fsp3) is 0.273. The summed E-state index contributed by atoms with van der Waals surface area (Å²) in [4.78, 5) is 14.8. The van der Waals surface area contributed by atoms with Gasteiger partial charge in [-0.1, -0.05) is 0 Å². The minimum absolute atomic E-state index is 0.265. The van der Waals surface area contributed by atoms with Gasteiger partial charge in [0, 0.05) is 42.8 Å². The molecule has 2 amide bonds. The zero-order chi connectivity index (χ0) is 22.9. The number of nitrogens with one attached hydrogen (secondary N) is 2. The SMILES string of the molecule is Cn1ncc(Br)c1-c1cc(NC(=O)Nc2ccc(C(F)(F)F)cc2)cc(N2CCCC2)c1. The molecular weight excluding hydrogens is 487 g/mol. The highest BCUT2D eigenvalue weighted by Gasteiger charge is 2.30. The molecule has 0 saturated carbocycles.